The summed E-state index contributed by atoms with van der Waals surface area (Å²) in [6.07, 6.45) is 0.702. The molecule has 0 bridgehead atoms. The Bertz CT molecular complexity index is 435. The van der Waals surface area contributed by atoms with Crippen LogP contribution in [-0.2, 0) is 15.7 Å². The fourth-order valence-corrected chi connectivity index (χ4v) is 2.18. The minimum atomic E-state index is -0.374. The first-order valence-corrected chi connectivity index (χ1v) is 6.95. The summed E-state index contributed by atoms with van der Waals surface area (Å²) >= 11 is 5.87. The van der Waals surface area contributed by atoms with Crippen molar-refractivity contribution in [2.24, 2.45) is 5.73 Å². The van der Waals surface area contributed by atoms with Gasteiger partial charge in [-0.25, -0.2) is 0 Å². The zero-order chi connectivity index (χ0) is 14.3. The quantitative estimate of drug-likeness (QED) is 0.870. The second-order valence-electron chi connectivity index (χ2n) is 6.12. The van der Waals surface area contributed by atoms with Crippen molar-refractivity contribution in [3.05, 3.63) is 34.9 Å². The van der Waals surface area contributed by atoms with Gasteiger partial charge in [0.05, 0.1) is 11.2 Å². The standard InChI is InChI=1S/C14H21BClNO2.ClH/c1-13(2)14(3,4)19-15(18-13)12(17)9-10-5-7-11(16)8-6-10;/h5-8,12H,9,17H2,1-4H3;1H/t12-;/m0./s1. The molecule has 20 heavy (non-hydrogen) atoms. The molecule has 112 valence electrons. The summed E-state index contributed by atoms with van der Waals surface area (Å²) in [6.45, 7) is 8.12. The summed E-state index contributed by atoms with van der Waals surface area (Å²) in [6, 6.07) is 7.70. The highest BCUT2D eigenvalue weighted by molar-refractivity contribution is 6.47. The van der Waals surface area contributed by atoms with Gasteiger partial charge in [-0.05, 0) is 51.8 Å². The van der Waals surface area contributed by atoms with E-state index in [4.69, 9.17) is 26.6 Å². The van der Waals surface area contributed by atoms with Crippen molar-refractivity contribution in [2.45, 2.75) is 51.3 Å². The second kappa shape index (κ2) is 6.24. The number of hydrogen-bond donors (Lipinski definition) is 1. The maximum Gasteiger partial charge on any atom is 0.476 e. The van der Waals surface area contributed by atoms with Gasteiger partial charge in [0.25, 0.3) is 0 Å². The zero-order valence-electron chi connectivity index (χ0n) is 12.4. The maximum absolute atomic E-state index is 6.21. The summed E-state index contributed by atoms with van der Waals surface area (Å²) in [4.78, 5) is 0. The fourth-order valence-electron chi connectivity index (χ4n) is 2.05. The molecule has 2 rings (SSSR count). The predicted molar refractivity (Wildman–Crippen MR) is 86.5 cm³/mol. The van der Waals surface area contributed by atoms with E-state index in [1.165, 1.54) is 0 Å². The molecular formula is C14H22BCl2NO2. The minimum absolute atomic E-state index is 0. The SMILES string of the molecule is CC1(C)OB([C@@H](N)Cc2ccc(Cl)cc2)OC1(C)C.Cl. The Morgan fingerprint density at radius 2 is 1.55 bits per heavy atom. The van der Waals surface area contributed by atoms with Crippen LogP contribution in [0.1, 0.15) is 33.3 Å². The van der Waals surface area contributed by atoms with Crippen molar-refractivity contribution in [2.75, 3.05) is 0 Å². The second-order valence-corrected chi connectivity index (χ2v) is 6.56. The van der Waals surface area contributed by atoms with Gasteiger partial charge in [0.2, 0.25) is 0 Å². The largest absolute Gasteiger partial charge is 0.476 e. The van der Waals surface area contributed by atoms with Crippen LogP contribution in [0.25, 0.3) is 0 Å². The first-order chi connectivity index (χ1) is 8.71. The molecular weight excluding hydrogens is 296 g/mol. The Morgan fingerprint density at radius 3 is 2.00 bits per heavy atom. The summed E-state index contributed by atoms with van der Waals surface area (Å²) in [5.74, 6) is -0.192. The molecule has 0 aliphatic carbocycles. The first-order valence-electron chi connectivity index (χ1n) is 6.57. The molecule has 1 aromatic rings. The molecule has 0 radical (unpaired) electrons. The van der Waals surface area contributed by atoms with E-state index in [0.29, 0.717) is 6.42 Å². The number of nitrogens with two attached hydrogens (primary N) is 1. The highest BCUT2D eigenvalue weighted by atomic mass is 35.5. The van der Waals surface area contributed by atoms with Crippen LogP contribution in [0.2, 0.25) is 5.02 Å². The molecule has 0 unspecified atom stereocenters. The van der Waals surface area contributed by atoms with Crippen LogP contribution < -0.4 is 5.73 Å². The monoisotopic (exact) mass is 317 g/mol. The van der Waals surface area contributed by atoms with E-state index in [0.717, 1.165) is 10.6 Å². The third-order valence-electron chi connectivity index (χ3n) is 4.01. The molecule has 2 N–H and O–H groups in total. The molecule has 1 saturated heterocycles. The zero-order valence-corrected chi connectivity index (χ0v) is 13.9. The predicted octanol–water partition coefficient (Wildman–Crippen LogP) is 3.26. The lowest BCUT2D eigenvalue weighted by molar-refractivity contribution is 0.00578. The van der Waals surface area contributed by atoms with Gasteiger partial charge in [0, 0.05) is 11.0 Å². The molecule has 0 aromatic heterocycles. The topological polar surface area (TPSA) is 44.5 Å². The molecule has 1 aliphatic rings. The Balaban J connectivity index is 0.00000200. The summed E-state index contributed by atoms with van der Waals surface area (Å²) in [5, 5.41) is 0.730. The number of halogens is 2. The fraction of sp³-hybridized carbons (Fsp3) is 0.571. The summed E-state index contributed by atoms with van der Waals surface area (Å²) in [7, 11) is -0.374. The van der Waals surface area contributed by atoms with Gasteiger partial charge in [0.15, 0.2) is 0 Å². The van der Waals surface area contributed by atoms with Crippen molar-refractivity contribution in [1.82, 2.24) is 0 Å². The molecule has 1 aromatic carbocycles. The Hall–Kier alpha value is -0.255. The molecule has 1 fully saturated rings. The number of hydrogen-bond acceptors (Lipinski definition) is 3. The molecule has 0 amide bonds. The van der Waals surface area contributed by atoms with Gasteiger partial charge in [-0.3, -0.25) is 0 Å². The van der Waals surface area contributed by atoms with Gasteiger partial charge in [-0.15, -0.1) is 12.4 Å². The lowest BCUT2D eigenvalue weighted by Gasteiger charge is -2.32. The van der Waals surface area contributed by atoms with Crippen LogP contribution in [0, 0.1) is 0 Å². The van der Waals surface area contributed by atoms with Gasteiger partial charge in [0.1, 0.15) is 0 Å². The lowest BCUT2D eigenvalue weighted by Crippen LogP contribution is -2.43. The Morgan fingerprint density at radius 1 is 1.10 bits per heavy atom. The van der Waals surface area contributed by atoms with Gasteiger partial charge in [-0.2, -0.15) is 0 Å². The smallest absolute Gasteiger partial charge is 0.402 e. The van der Waals surface area contributed by atoms with Crippen LogP contribution in [0.4, 0.5) is 0 Å². The normalized spacial score (nSPS) is 21.4. The van der Waals surface area contributed by atoms with E-state index in [9.17, 15) is 0 Å². The molecule has 1 aliphatic heterocycles. The molecule has 3 nitrogen and oxygen atoms in total. The van der Waals surface area contributed by atoms with Gasteiger partial charge in [-0.1, -0.05) is 23.7 Å². The minimum Gasteiger partial charge on any atom is -0.402 e. The Labute approximate surface area is 132 Å². The highest BCUT2D eigenvalue weighted by Crippen LogP contribution is 2.37. The summed E-state index contributed by atoms with van der Waals surface area (Å²) < 4.78 is 11.9. The van der Waals surface area contributed by atoms with E-state index < -0.39 is 0 Å². The van der Waals surface area contributed by atoms with Gasteiger partial charge >= 0.3 is 7.12 Å². The molecule has 1 atom stereocenters. The van der Waals surface area contributed by atoms with Crippen LogP contribution in [0.3, 0.4) is 0 Å². The van der Waals surface area contributed by atoms with Crippen molar-refractivity contribution in [1.29, 1.82) is 0 Å². The van der Waals surface area contributed by atoms with Crippen molar-refractivity contribution in [3.63, 3.8) is 0 Å². The van der Waals surface area contributed by atoms with E-state index in [-0.39, 0.29) is 36.7 Å². The molecule has 0 spiro atoms. The van der Waals surface area contributed by atoms with Crippen LogP contribution in [0.5, 0.6) is 0 Å². The van der Waals surface area contributed by atoms with E-state index in [2.05, 4.69) is 0 Å². The van der Waals surface area contributed by atoms with Crippen molar-refractivity contribution >= 4 is 31.1 Å². The number of benzene rings is 1. The lowest BCUT2D eigenvalue weighted by atomic mass is 9.75. The van der Waals surface area contributed by atoms with Gasteiger partial charge < -0.3 is 15.0 Å². The average Bonchev–Trinajstić information content (AvgIpc) is 2.51. The number of rotatable bonds is 3. The van der Waals surface area contributed by atoms with E-state index in [1.807, 2.05) is 52.0 Å². The maximum atomic E-state index is 6.21. The van der Waals surface area contributed by atoms with E-state index >= 15 is 0 Å². The van der Waals surface area contributed by atoms with Crippen LogP contribution >= 0.6 is 24.0 Å². The van der Waals surface area contributed by atoms with Crippen LogP contribution in [-0.4, -0.2) is 24.3 Å². The average molecular weight is 318 g/mol. The Kier molecular flexibility index (Phi) is 5.56. The third kappa shape index (κ3) is 3.69. The first kappa shape index (κ1) is 17.8. The van der Waals surface area contributed by atoms with Crippen LogP contribution in [0.15, 0.2) is 24.3 Å². The summed E-state index contributed by atoms with van der Waals surface area (Å²) in [5.41, 5.74) is 6.66. The molecule has 6 heteroatoms. The third-order valence-corrected chi connectivity index (χ3v) is 4.26. The van der Waals surface area contributed by atoms with E-state index in [1.54, 1.807) is 0 Å². The highest BCUT2D eigenvalue weighted by Gasteiger charge is 2.52. The molecule has 0 saturated carbocycles. The van der Waals surface area contributed by atoms with Crippen molar-refractivity contribution in [3.8, 4) is 0 Å². The molecule has 1 heterocycles. The van der Waals surface area contributed by atoms with Crippen molar-refractivity contribution < 1.29 is 9.31 Å².